The molecular weight excluding hydrogens is 452 g/mol. The summed E-state index contributed by atoms with van der Waals surface area (Å²) >= 11 is 0. The highest BCUT2D eigenvalue weighted by Gasteiger charge is 2.29. The summed E-state index contributed by atoms with van der Waals surface area (Å²) in [6.07, 6.45) is 5.46. The van der Waals surface area contributed by atoms with E-state index < -0.39 is 0 Å². The first kappa shape index (κ1) is 24.2. The number of benzene rings is 2. The number of ether oxygens (including phenoxy) is 1. The van der Waals surface area contributed by atoms with Gasteiger partial charge < -0.3 is 9.72 Å². The van der Waals surface area contributed by atoms with Crippen molar-refractivity contribution in [3.05, 3.63) is 81.4 Å². The van der Waals surface area contributed by atoms with Crippen molar-refractivity contribution in [2.24, 2.45) is 0 Å². The standard InChI is InChI=1S/C28H34N6O2/c1-4-25(27-30-31-32-34(27)23-10-5-6-11-23)33(17-20-12-14-24(36-3)15-13-20)18-22-16-21-9-7-8-19(2)26(21)29-28(22)35/h7-9,12-16,23,25H,4-6,10-11,17-18H2,1-3H3,(H,29,35). The zero-order valence-corrected chi connectivity index (χ0v) is 21.3. The topological polar surface area (TPSA) is 88.9 Å². The highest BCUT2D eigenvalue weighted by atomic mass is 16.5. The molecule has 8 nitrogen and oxygen atoms in total. The van der Waals surface area contributed by atoms with Gasteiger partial charge in [-0.05, 0) is 71.3 Å². The van der Waals surface area contributed by atoms with Gasteiger partial charge in [0.15, 0.2) is 5.82 Å². The average Bonchev–Trinajstić information content (AvgIpc) is 3.58. The van der Waals surface area contributed by atoms with Crippen LogP contribution < -0.4 is 10.3 Å². The number of aromatic nitrogens is 5. The zero-order valence-electron chi connectivity index (χ0n) is 21.3. The van der Waals surface area contributed by atoms with Crippen molar-refractivity contribution in [3.8, 4) is 5.75 Å². The molecule has 5 rings (SSSR count). The van der Waals surface area contributed by atoms with Crippen LogP contribution in [0.4, 0.5) is 0 Å². The lowest BCUT2D eigenvalue weighted by Crippen LogP contribution is -2.32. The van der Waals surface area contributed by atoms with Crippen LogP contribution in [-0.4, -0.2) is 37.2 Å². The third kappa shape index (κ3) is 4.91. The van der Waals surface area contributed by atoms with E-state index in [0.29, 0.717) is 19.1 Å². The first-order chi connectivity index (χ1) is 17.6. The van der Waals surface area contributed by atoms with Crippen molar-refractivity contribution >= 4 is 10.9 Å². The Bertz CT molecular complexity index is 1370. The summed E-state index contributed by atoms with van der Waals surface area (Å²) in [4.78, 5) is 18.6. The molecule has 0 bridgehead atoms. The molecule has 1 atom stereocenters. The zero-order chi connectivity index (χ0) is 25.1. The second-order valence-electron chi connectivity index (χ2n) is 9.76. The predicted molar refractivity (Wildman–Crippen MR) is 140 cm³/mol. The summed E-state index contributed by atoms with van der Waals surface area (Å²) in [7, 11) is 1.67. The number of fused-ring (bicyclic) bond motifs is 1. The van der Waals surface area contributed by atoms with E-state index in [1.807, 2.05) is 48.0 Å². The van der Waals surface area contributed by atoms with Crippen LogP contribution in [0.1, 0.15) is 73.6 Å². The Balaban J connectivity index is 1.53. The van der Waals surface area contributed by atoms with E-state index in [9.17, 15) is 4.79 Å². The minimum Gasteiger partial charge on any atom is -0.497 e. The number of pyridine rings is 1. The van der Waals surface area contributed by atoms with E-state index >= 15 is 0 Å². The van der Waals surface area contributed by atoms with Crippen LogP contribution in [0.15, 0.2) is 53.3 Å². The van der Waals surface area contributed by atoms with E-state index in [2.05, 4.69) is 44.5 Å². The summed E-state index contributed by atoms with van der Waals surface area (Å²) in [6, 6.07) is 16.5. The summed E-state index contributed by atoms with van der Waals surface area (Å²) < 4.78 is 7.39. The highest BCUT2D eigenvalue weighted by molar-refractivity contribution is 5.81. The molecule has 2 aromatic heterocycles. The molecule has 1 aliphatic rings. The van der Waals surface area contributed by atoms with Gasteiger partial charge in [0.25, 0.3) is 5.56 Å². The smallest absolute Gasteiger partial charge is 0.252 e. The molecule has 0 radical (unpaired) electrons. The average molecular weight is 487 g/mol. The second-order valence-corrected chi connectivity index (χ2v) is 9.76. The monoisotopic (exact) mass is 486 g/mol. The molecule has 1 unspecified atom stereocenters. The first-order valence-corrected chi connectivity index (χ1v) is 12.8. The van der Waals surface area contributed by atoms with Crippen molar-refractivity contribution in [1.29, 1.82) is 0 Å². The Hall–Kier alpha value is -3.52. The lowest BCUT2D eigenvalue weighted by Gasteiger charge is -2.31. The Morgan fingerprint density at radius 2 is 1.92 bits per heavy atom. The number of rotatable bonds is 9. The number of aromatic amines is 1. The van der Waals surface area contributed by atoms with Crippen molar-refractivity contribution in [1.82, 2.24) is 30.1 Å². The number of nitrogens with one attached hydrogen (secondary N) is 1. The van der Waals surface area contributed by atoms with Crippen molar-refractivity contribution in [3.63, 3.8) is 0 Å². The molecule has 1 saturated carbocycles. The van der Waals surface area contributed by atoms with E-state index in [0.717, 1.165) is 58.4 Å². The third-order valence-corrected chi connectivity index (χ3v) is 7.40. The second kappa shape index (κ2) is 10.6. The molecule has 1 aliphatic carbocycles. The molecular formula is C28H34N6O2. The van der Waals surface area contributed by atoms with Gasteiger partial charge in [0.1, 0.15) is 5.75 Å². The van der Waals surface area contributed by atoms with Gasteiger partial charge in [-0.1, -0.05) is 50.1 Å². The number of methoxy groups -OCH3 is 1. The van der Waals surface area contributed by atoms with Crippen LogP contribution in [0.5, 0.6) is 5.75 Å². The molecule has 0 amide bonds. The SMILES string of the molecule is CCC(c1nnnn1C1CCCC1)N(Cc1ccc(OC)cc1)Cc1cc2cccc(C)c2[nH]c1=O. The number of para-hydroxylation sites is 1. The minimum atomic E-state index is -0.0539. The molecule has 4 aromatic rings. The third-order valence-electron chi connectivity index (χ3n) is 7.40. The maximum atomic E-state index is 13.2. The molecule has 0 saturated heterocycles. The van der Waals surface area contributed by atoms with E-state index in [1.54, 1.807) is 7.11 Å². The molecule has 0 aliphatic heterocycles. The van der Waals surface area contributed by atoms with Gasteiger partial charge in [-0.15, -0.1) is 5.10 Å². The number of hydrogen-bond acceptors (Lipinski definition) is 6. The molecule has 8 heteroatoms. The fourth-order valence-electron chi connectivity index (χ4n) is 5.44. The maximum absolute atomic E-state index is 13.2. The summed E-state index contributed by atoms with van der Waals surface area (Å²) in [5.41, 5.74) is 3.78. The van der Waals surface area contributed by atoms with Crippen LogP contribution in [-0.2, 0) is 13.1 Å². The Morgan fingerprint density at radius 1 is 1.14 bits per heavy atom. The normalized spacial score (nSPS) is 15.1. The maximum Gasteiger partial charge on any atom is 0.252 e. The lowest BCUT2D eigenvalue weighted by molar-refractivity contribution is 0.158. The van der Waals surface area contributed by atoms with Gasteiger partial charge in [-0.25, -0.2) is 4.68 Å². The Morgan fingerprint density at radius 3 is 2.64 bits per heavy atom. The van der Waals surface area contributed by atoms with Crippen molar-refractivity contribution in [2.45, 2.75) is 71.1 Å². The number of aryl methyl sites for hydroxylation is 1. The van der Waals surface area contributed by atoms with Crippen molar-refractivity contribution in [2.75, 3.05) is 7.11 Å². The molecule has 188 valence electrons. The van der Waals surface area contributed by atoms with Gasteiger partial charge in [0.2, 0.25) is 0 Å². The first-order valence-electron chi connectivity index (χ1n) is 12.8. The summed E-state index contributed by atoms with van der Waals surface area (Å²) in [6.45, 7) is 5.32. The van der Waals surface area contributed by atoms with E-state index in [4.69, 9.17) is 4.74 Å². The fourth-order valence-corrected chi connectivity index (χ4v) is 5.44. The Kier molecular flexibility index (Phi) is 7.13. The number of tetrazole rings is 1. The van der Waals surface area contributed by atoms with Crippen LogP contribution >= 0.6 is 0 Å². The molecule has 36 heavy (non-hydrogen) atoms. The Labute approximate surface area is 211 Å². The van der Waals surface area contributed by atoms with Crippen LogP contribution in [0, 0.1) is 6.92 Å². The molecule has 2 heterocycles. The number of hydrogen-bond donors (Lipinski definition) is 1. The number of H-pyrrole nitrogens is 1. The van der Waals surface area contributed by atoms with Crippen LogP contribution in [0.25, 0.3) is 10.9 Å². The van der Waals surface area contributed by atoms with Crippen molar-refractivity contribution < 1.29 is 4.74 Å². The van der Waals surface area contributed by atoms with E-state index in [1.165, 1.54) is 12.8 Å². The number of nitrogens with zero attached hydrogens (tertiary/aromatic N) is 5. The fraction of sp³-hybridized carbons (Fsp3) is 0.429. The van der Waals surface area contributed by atoms with Gasteiger partial charge in [0, 0.05) is 18.7 Å². The molecule has 2 aromatic carbocycles. The quantitative estimate of drug-likeness (QED) is 0.354. The molecule has 0 spiro atoms. The minimum absolute atomic E-state index is 0.0321. The van der Waals surface area contributed by atoms with Gasteiger partial charge >= 0.3 is 0 Å². The van der Waals surface area contributed by atoms with E-state index in [-0.39, 0.29) is 11.6 Å². The van der Waals surface area contributed by atoms with Crippen LogP contribution in [0.2, 0.25) is 0 Å². The summed E-state index contributed by atoms with van der Waals surface area (Å²) in [5, 5.41) is 14.0. The highest BCUT2D eigenvalue weighted by Crippen LogP contribution is 2.33. The van der Waals surface area contributed by atoms with Gasteiger partial charge in [0.05, 0.1) is 24.7 Å². The van der Waals surface area contributed by atoms with Gasteiger partial charge in [-0.3, -0.25) is 9.69 Å². The van der Waals surface area contributed by atoms with Crippen LogP contribution in [0.3, 0.4) is 0 Å². The molecule has 1 N–H and O–H groups in total. The summed E-state index contributed by atoms with van der Waals surface area (Å²) in [5.74, 6) is 1.70. The van der Waals surface area contributed by atoms with Gasteiger partial charge in [-0.2, -0.15) is 0 Å². The largest absolute Gasteiger partial charge is 0.497 e. The molecule has 1 fully saturated rings. The lowest BCUT2D eigenvalue weighted by atomic mass is 10.1. The predicted octanol–water partition coefficient (Wildman–Crippen LogP) is 5.10.